The zero-order valence-corrected chi connectivity index (χ0v) is 11.2. The van der Waals surface area contributed by atoms with Gasteiger partial charge in [-0.2, -0.15) is 0 Å². The van der Waals surface area contributed by atoms with E-state index < -0.39 is 5.97 Å². The molecule has 0 fully saturated rings. The van der Waals surface area contributed by atoms with Crippen LogP contribution < -0.4 is 0 Å². The zero-order valence-electron chi connectivity index (χ0n) is 10.4. The van der Waals surface area contributed by atoms with Gasteiger partial charge in [-0.05, 0) is 37.3 Å². The van der Waals surface area contributed by atoms with Gasteiger partial charge >= 0.3 is 5.97 Å². The quantitative estimate of drug-likeness (QED) is 0.910. The van der Waals surface area contributed by atoms with Crippen molar-refractivity contribution in [2.45, 2.75) is 38.5 Å². The van der Waals surface area contributed by atoms with E-state index in [0.717, 1.165) is 17.7 Å². The highest BCUT2D eigenvalue weighted by Gasteiger charge is 2.18. The number of carbonyl (C=O) groups is 1. The third kappa shape index (κ3) is 2.68. The molecule has 0 aromatic carbocycles. The molecular weight excluding hydrogens is 264 g/mol. The number of carboxylic acids is 1. The molecule has 1 N–H and O–H groups in total. The van der Waals surface area contributed by atoms with Gasteiger partial charge in [-0.25, -0.2) is 0 Å². The molecule has 0 atom stereocenters. The third-order valence-electron chi connectivity index (χ3n) is 3.21. The van der Waals surface area contributed by atoms with E-state index in [4.69, 9.17) is 9.52 Å². The van der Waals surface area contributed by atoms with Gasteiger partial charge in [0.2, 0.25) is 5.89 Å². The maximum Gasteiger partial charge on any atom is 0.303 e. The minimum Gasteiger partial charge on any atom is -0.481 e. The second-order valence-electron chi connectivity index (χ2n) is 4.66. The third-order valence-corrected chi connectivity index (χ3v) is 4.43. The van der Waals surface area contributed by atoms with Crippen molar-refractivity contribution >= 4 is 17.3 Å². The molecule has 0 bridgehead atoms. The average molecular weight is 278 g/mol. The first-order valence-corrected chi connectivity index (χ1v) is 7.20. The van der Waals surface area contributed by atoms with Gasteiger partial charge < -0.3 is 9.52 Å². The van der Waals surface area contributed by atoms with E-state index >= 15 is 0 Å². The number of aryl methyl sites for hydroxylation is 3. The predicted octanol–water partition coefficient (Wildman–Crippen LogP) is 2.69. The number of rotatable bonds is 5. The van der Waals surface area contributed by atoms with Crippen LogP contribution >= 0.6 is 11.3 Å². The van der Waals surface area contributed by atoms with Crippen molar-refractivity contribution in [2.24, 2.45) is 0 Å². The van der Waals surface area contributed by atoms with Crippen LogP contribution in [0.2, 0.25) is 0 Å². The van der Waals surface area contributed by atoms with Crippen molar-refractivity contribution in [2.75, 3.05) is 0 Å². The summed E-state index contributed by atoms with van der Waals surface area (Å²) in [6.45, 7) is 0. The topological polar surface area (TPSA) is 76.2 Å². The van der Waals surface area contributed by atoms with Crippen LogP contribution in [0.1, 0.15) is 35.6 Å². The summed E-state index contributed by atoms with van der Waals surface area (Å²) in [5.41, 5.74) is 1.41. The Balaban J connectivity index is 1.68. The van der Waals surface area contributed by atoms with Crippen LogP contribution in [0.4, 0.5) is 0 Å². The summed E-state index contributed by atoms with van der Waals surface area (Å²) in [7, 11) is 0. The summed E-state index contributed by atoms with van der Waals surface area (Å²) in [5, 5.41) is 16.6. The fraction of sp³-hybridized carbons (Fsp3) is 0.462. The van der Waals surface area contributed by atoms with E-state index in [1.165, 1.54) is 16.9 Å². The van der Waals surface area contributed by atoms with Crippen molar-refractivity contribution < 1.29 is 14.3 Å². The van der Waals surface area contributed by atoms with E-state index in [-0.39, 0.29) is 6.42 Å². The molecule has 0 radical (unpaired) electrons. The van der Waals surface area contributed by atoms with Crippen molar-refractivity contribution in [3.63, 3.8) is 0 Å². The summed E-state index contributed by atoms with van der Waals surface area (Å²) in [6.07, 6.45) is 4.71. The number of nitrogens with zero attached hydrogens (tertiary/aromatic N) is 2. The number of thiophene rings is 1. The molecule has 2 heterocycles. The lowest BCUT2D eigenvalue weighted by molar-refractivity contribution is -0.137. The average Bonchev–Trinajstić information content (AvgIpc) is 3.01. The van der Waals surface area contributed by atoms with Crippen LogP contribution in [0, 0.1) is 0 Å². The molecule has 0 saturated carbocycles. The highest BCUT2D eigenvalue weighted by Crippen LogP contribution is 2.35. The Bertz CT molecular complexity index is 581. The monoisotopic (exact) mass is 278 g/mol. The molecule has 19 heavy (non-hydrogen) atoms. The summed E-state index contributed by atoms with van der Waals surface area (Å²) in [4.78, 5) is 12.9. The maximum atomic E-state index is 10.4. The van der Waals surface area contributed by atoms with Gasteiger partial charge in [0.25, 0.3) is 5.89 Å². The molecule has 3 rings (SSSR count). The molecule has 0 unspecified atom stereocenters. The molecule has 2 aromatic heterocycles. The first kappa shape index (κ1) is 12.3. The highest BCUT2D eigenvalue weighted by molar-refractivity contribution is 7.15. The maximum absolute atomic E-state index is 10.4. The van der Waals surface area contributed by atoms with Gasteiger partial charge in [-0.15, -0.1) is 21.5 Å². The fourth-order valence-electron chi connectivity index (χ4n) is 2.28. The molecule has 1 aliphatic carbocycles. The molecule has 5 nitrogen and oxygen atoms in total. The second-order valence-corrected chi connectivity index (χ2v) is 5.80. The van der Waals surface area contributed by atoms with Gasteiger partial charge in [-0.1, -0.05) is 0 Å². The Morgan fingerprint density at radius 2 is 2.32 bits per heavy atom. The highest BCUT2D eigenvalue weighted by atomic mass is 32.1. The van der Waals surface area contributed by atoms with Crippen molar-refractivity contribution in [3.05, 3.63) is 22.4 Å². The number of aromatic nitrogens is 2. The summed E-state index contributed by atoms with van der Waals surface area (Å²) < 4.78 is 5.58. The van der Waals surface area contributed by atoms with Gasteiger partial charge in [0, 0.05) is 17.7 Å². The van der Waals surface area contributed by atoms with Crippen LogP contribution in [0.5, 0.6) is 0 Å². The first-order chi connectivity index (χ1) is 9.22. The SMILES string of the molecule is O=C(O)CCCc1nnc(-c2cc3c(s2)CCC3)o1. The van der Waals surface area contributed by atoms with Crippen LogP contribution in [-0.2, 0) is 24.1 Å². The second kappa shape index (κ2) is 5.13. The minimum absolute atomic E-state index is 0.130. The number of aliphatic carboxylic acids is 1. The van der Waals surface area contributed by atoms with Crippen molar-refractivity contribution in [1.82, 2.24) is 10.2 Å². The van der Waals surface area contributed by atoms with Gasteiger partial charge in [0.1, 0.15) is 0 Å². The number of fused-ring (bicyclic) bond motifs is 1. The van der Waals surface area contributed by atoms with Gasteiger partial charge in [0.15, 0.2) is 0 Å². The smallest absolute Gasteiger partial charge is 0.303 e. The summed E-state index contributed by atoms with van der Waals surface area (Å²) in [5.74, 6) is 0.281. The lowest BCUT2D eigenvalue weighted by Gasteiger charge is -1.92. The minimum atomic E-state index is -0.797. The molecule has 0 spiro atoms. The largest absolute Gasteiger partial charge is 0.481 e. The van der Waals surface area contributed by atoms with E-state index in [2.05, 4.69) is 16.3 Å². The molecule has 0 amide bonds. The van der Waals surface area contributed by atoms with E-state index in [1.54, 1.807) is 11.3 Å². The van der Waals surface area contributed by atoms with E-state index in [0.29, 0.717) is 24.6 Å². The van der Waals surface area contributed by atoms with Crippen LogP contribution in [0.3, 0.4) is 0 Å². The lowest BCUT2D eigenvalue weighted by Crippen LogP contribution is -1.95. The standard InChI is InChI=1S/C13H14N2O3S/c16-12(17)6-2-5-11-14-15-13(18-11)10-7-8-3-1-4-9(8)19-10/h7H,1-6H2,(H,16,17). The number of hydrogen-bond donors (Lipinski definition) is 1. The summed E-state index contributed by atoms with van der Waals surface area (Å²) >= 11 is 1.73. The van der Waals surface area contributed by atoms with E-state index in [1.807, 2.05) is 0 Å². The first-order valence-electron chi connectivity index (χ1n) is 6.38. The lowest BCUT2D eigenvalue weighted by atomic mass is 10.2. The number of hydrogen-bond acceptors (Lipinski definition) is 5. The fourth-order valence-corrected chi connectivity index (χ4v) is 3.45. The van der Waals surface area contributed by atoms with Gasteiger partial charge in [0.05, 0.1) is 4.88 Å². The predicted molar refractivity (Wildman–Crippen MR) is 70.2 cm³/mol. The van der Waals surface area contributed by atoms with Crippen molar-refractivity contribution in [3.8, 4) is 10.8 Å². The Morgan fingerprint density at radius 3 is 3.11 bits per heavy atom. The molecule has 100 valence electrons. The normalized spacial score (nSPS) is 13.7. The Hall–Kier alpha value is -1.69. The summed E-state index contributed by atoms with van der Waals surface area (Å²) in [6, 6.07) is 2.14. The Labute approximate surface area is 114 Å². The van der Waals surface area contributed by atoms with Crippen LogP contribution in [0.15, 0.2) is 10.5 Å². The molecular formula is C13H14N2O3S. The molecule has 0 aliphatic heterocycles. The van der Waals surface area contributed by atoms with E-state index in [9.17, 15) is 4.79 Å². The Kier molecular flexibility index (Phi) is 3.33. The van der Waals surface area contributed by atoms with Crippen LogP contribution in [0.25, 0.3) is 10.8 Å². The van der Waals surface area contributed by atoms with Gasteiger partial charge in [-0.3, -0.25) is 4.79 Å². The molecule has 0 saturated heterocycles. The van der Waals surface area contributed by atoms with Crippen LogP contribution in [-0.4, -0.2) is 21.3 Å². The van der Waals surface area contributed by atoms with Crippen molar-refractivity contribution in [1.29, 1.82) is 0 Å². The molecule has 2 aromatic rings. The molecule has 6 heteroatoms. The number of carboxylic acid groups (broad SMARTS) is 1. The molecule has 1 aliphatic rings. The Morgan fingerprint density at radius 1 is 1.42 bits per heavy atom. The zero-order chi connectivity index (χ0) is 13.2.